The van der Waals surface area contributed by atoms with Crippen LogP contribution in [0.2, 0.25) is 0 Å². The van der Waals surface area contributed by atoms with Crippen molar-refractivity contribution in [2.75, 3.05) is 26.2 Å². The number of aromatic amines is 1. The minimum atomic E-state index is 0. The van der Waals surface area contributed by atoms with Crippen LogP contribution in [0.4, 0.5) is 0 Å². The molecule has 0 radical (unpaired) electrons. The summed E-state index contributed by atoms with van der Waals surface area (Å²) < 4.78 is 5.33. The largest absolute Gasteiger partial charge is 0.463 e. The van der Waals surface area contributed by atoms with Gasteiger partial charge in [-0.2, -0.15) is 5.10 Å². The number of H-pyrrole nitrogens is 1. The highest BCUT2D eigenvalue weighted by atomic mass is 35.5. The fourth-order valence-electron chi connectivity index (χ4n) is 3.57. The number of carbonyl (C=O) groups is 1. The van der Waals surface area contributed by atoms with Gasteiger partial charge < -0.3 is 14.6 Å². The standard InChI is InChI=1S/C16H20N4O2.ClH/c21-16(14-8-13(18-19-14)15-2-1-7-22-15)20-5-3-11-9-17-10-12(11)4-6-20;/h1-2,7-8,11-12,17H,3-6,9-10H2,(H,18,19);1H/t11-,12+;. The lowest BCUT2D eigenvalue weighted by molar-refractivity contribution is 0.0752. The minimum Gasteiger partial charge on any atom is -0.463 e. The summed E-state index contributed by atoms with van der Waals surface area (Å²) in [5, 5.41) is 10.5. The summed E-state index contributed by atoms with van der Waals surface area (Å²) >= 11 is 0. The Kier molecular flexibility index (Phi) is 4.73. The van der Waals surface area contributed by atoms with Gasteiger partial charge in [-0.05, 0) is 49.9 Å². The number of carbonyl (C=O) groups excluding carboxylic acids is 1. The molecule has 4 rings (SSSR count). The van der Waals surface area contributed by atoms with Gasteiger partial charge in [0.1, 0.15) is 5.69 Å². The summed E-state index contributed by atoms with van der Waals surface area (Å²) in [5.74, 6) is 2.15. The Balaban J connectivity index is 0.00000156. The molecule has 7 heteroatoms. The third-order valence-electron chi connectivity index (χ3n) is 4.89. The topological polar surface area (TPSA) is 74.2 Å². The molecular formula is C16H21ClN4O2. The fraction of sp³-hybridized carbons (Fsp3) is 0.500. The van der Waals surface area contributed by atoms with Gasteiger partial charge in [-0.25, -0.2) is 0 Å². The van der Waals surface area contributed by atoms with Crippen LogP contribution in [-0.2, 0) is 0 Å². The average molecular weight is 337 g/mol. The lowest BCUT2D eigenvalue weighted by Crippen LogP contribution is -2.33. The molecule has 2 saturated heterocycles. The fourth-order valence-corrected chi connectivity index (χ4v) is 3.57. The van der Waals surface area contributed by atoms with Crippen molar-refractivity contribution in [1.29, 1.82) is 0 Å². The number of halogens is 1. The van der Waals surface area contributed by atoms with Crippen LogP contribution in [0.3, 0.4) is 0 Å². The van der Waals surface area contributed by atoms with Crippen molar-refractivity contribution in [2.24, 2.45) is 11.8 Å². The molecule has 2 fully saturated rings. The third kappa shape index (κ3) is 3.14. The summed E-state index contributed by atoms with van der Waals surface area (Å²) in [6.07, 6.45) is 3.77. The number of fused-ring (bicyclic) bond motifs is 1. The number of nitrogens with one attached hydrogen (secondary N) is 2. The summed E-state index contributed by atoms with van der Waals surface area (Å²) in [6.45, 7) is 3.84. The summed E-state index contributed by atoms with van der Waals surface area (Å²) in [5.41, 5.74) is 1.21. The smallest absolute Gasteiger partial charge is 0.274 e. The van der Waals surface area contributed by atoms with Crippen molar-refractivity contribution in [3.63, 3.8) is 0 Å². The Morgan fingerprint density at radius 3 is 2.65 bits per heavy atom. The van der Waals surface area contributed by atoms with Gasteiger partial charge in [-0.1, -0.05) is 0 Å². The molecular weight excluding hydrogens is 316 g/mol. The van der Waals surface area contributed by atoms with E-state index >= 15 is 0 Å². The highest BCUT2D eigenvalue weighted by Crippen LogP contribution is 2.28. The average Bonchev–Trinajstić information content (AvgIpc) is 3.26. The molecule has 2 aliphatic rings. The van der Waals surface area contributed by atoms with Crippen LogP contribution in [-0.4, -0.2) is 47.2 Å². The minimum absolute atomic E-state index is 0. The molecule has 23 heavy (non-hydrogen) atoms. The molecule has 2 aromatic heterocycles. The van der Waals surface area contributed by atoms with Crippen LogP contribution < -0.4 is 5.32 Å². The van der Waals surface area contributed by atoms with Gasteiger partial charge in [0.2, 0.25) is 0 Å². The maximum Gasteiger partial charge on any atom is 0.274 e. The molecule has 0 spiro atoms. The zero-order valence-corrected chi connectivity index (χ0v) is 13.6. The summed E-state index contributed by atoms with van der Waals surface area (Å²) in [4.78, 5) is 14.6. The summed E-state index contributed by atoms with van der Waals surface area (Å²) in [7, 11) is 0. The first-order valence-corrected chi connectivity index (χ1v) is 7.90. The van der Waals surface area contributed by atoms with Crippen molar-refractivity contribution in [3.8, 4) is 11.5 Å². The second kappa shape index (κ2) is 6.76. The van der Waals surface area contributed by atoms with E-state index in [0.29, 0.717) is 11.5 Å². The van der Waals surface area contributed by atoms with Crippen LogP contribution in [0.5, 0.6) is 0 Å². The Hall–Kier alpha value is -1.79. The molecule has 2 aromatic rings. The SMILES string of the molecule is Cl.O=C(c1cc(-c2ccco2)[nH]n1)N1CC[C@@H]2CNC[C@@H]2CC1. The van der Waals surface area contributed by atoms with Crippen LogP contribution in [0.1, 0.15) is 23.3 Å². The van der Waals surface area contributed by atoms with Crippen molar-refractivity contribution in [3.05, 3.63) is 30.2 Å². The van der Waals surface area contributed by atoms with Crippen molar-refractivity contribution in [1.82, 2.24) is 20.4 Å². The quantitative estimate of drug-likeness (QED) is 0.881. The van der Waals surface area contributed by atoms with Crippen LogP contribution >= 0.6 is 12.4 Å². The second-order valence-corrected chi connectivity index (χ2v) is 6.19. The molecule has 0 aromatic carbocycles. The predicted octanol–water partition coefficient (Wildman–Crippen LogP) is 2.16. The van der Waals surface area contributed by atoms with Crippen molar-refractivity contribution < 1.29 is 9.21 Å². The Morgan fingerprint density at radius 1 is 1.26 bits per heavy atom. The highest BCUT2D eigenvalue weighted by Gasteiger charge is 2.32. The number of amides is 1. The number of hydrogen-bond donors (Lipinski definition) is 2. The number of rotatable bonds is 2. The van der Waals surface area contributed by atoms with E-state index < -0.39 is 0 Å². The molecule has 0 unspecified atom stereocenters. The van der Waals surface area contributed by atoms with Gasteiger partial charge in [0.05, 0.1) is 6.26 Å². The molecule has 2 atom stereocenters. The zero-order chi connectivity index (χ0) is 14.9. The van der Waals surface area contributed by atoms with Crippen LogP contribution in [0, 0.1) is 11.8 Å². The second-order valence-electron chi connectivity index (χ2n) is 6.19. The van der Waals surface area contributed by atoms with Gasteiger partial charge in [0.25, 0.3) is 5.91 Å². The van der Waals surface area contributed by atoms with E-state index in [1.54, 1.807) is 12.3 Å². The number of hydrogen-bond acceptors (Lipinski definition) is 4. The maximum atomic E-state index is 12.7. The predicted molar refractivity (Wildman–Crippen MR) is 88.5 cm³/mol. The molecule has 0 bridgehead atoms. The number of furan rings is 1. The number of nitrogens with zero attached hydrogens (tertiary/aromatic N) is 2. The van der Waals surface area contributed by atoms with Crippen LogP contribution in [0.15, 0.2) is 28.9 Å². The highest BCUT2D eigenvalue weighted by molar-refractivity contribution is 5.93. The first-order valence-electron chi connectivity index (χ1n) is 7.90. The molecule has 0 aliphatic carbocycles. The Morgan fingerprint density at radius 2 is 2.00 bits per heavy atom. The maximum absolute atomic E-state index is 12.7. The summed E-state index contributed by atoms with van der Waals surface area (Å²) in [6, 6.07) is 5.44. The molecule has 1 amide bonds. The Labute approximate surface area is 141 Å². The molecule has 4 heterocycles. The molecule has 0 saturated carbocycles. The van der Waals surface area contributed by atoms with Gasteiger partial charge in [-0.3, -0.25) is 9.89 Å². The molecule has 2 aliphatic heterocycles. The lowest BCUT2D eigenvalue weighted by atomic mass is 9.92. The zero-order valence-electron chi connectivity index (χ0n) is 12.8. The molecule has 6 nitrogen and oxygen atoms in total. The molecule has 124 valence electrons. The lowest BCUT2D eigenvalue weighted by Gasteiger charge is -2.19. The van der Waals surface area contributed by atoms with E-state index in [9.17, 15) is 4.79 Å². The number of aromatic nitrogens is 2. The van der Waals surface area contributed by atoms with Crippen molar-refractivity contribution >= 4 is 18.3 Å². The van der Waals surface area contributed by atoms with E-state index in [-0.39, 0.29) is 18.3 Å². The normalized spacial score (nSPS) is 23.9. The van der Waals surface area contributed by atoms with E-state index in [1.807, 2.05) is 17.0 Å². The monoisotopic (exact) mass is 336 g/mol. The van der Waals surface area contributed by atoms with E-state index in [2.05, 4.69) is 15.5 Å². The van der Waals surface area contributed by atoms with E-state index in [0.717, 1.165) is 56.6 Å². The van der Waals surface area contributed by atoms with Gasteiger partial charge >= 0.3 is 0 Å². The Bertz CT molecular complexity index is 641. The van der Waals surface area contributed by atoms with Crippen molar-refractivity contribution in [2.45, 2.75) is 12.8 Å². The van der Waals surface area contributed by atoms with Gasteiger partial charge in [-0.15, -0.1) is 12.4 Å². The molecule has 2 N–H and O–H groups in total. The van der Waals surface area contributed by atoms with E-state index in [1.165, 1.54) is 0 Å². The third-order valence-corrected chi connectivity index (χ3v) is 4.89. The first-order chi connectivity index (χ1) is 10.8. The first kappa shape index (κ1) is 16.1. The van der Waals surface area contributed by atoms with Crippen LogP contribution in [0.25, 0.3) is 11.5 Å². The van der Waals surface area contributed by atoms with Gasteiger partial charge in [0.15, 0.2) is 11.5 Å². The van der Waals surface area contributed by atoms with Gasteiger partial charge in [0, 0.05) is 19.2 Å². The van der Waals surface area contributed by atoms with E-state index in [4.69, 9.17) is 4.42 Å². The number of likely N-dealkylation sites (tertiary alicyclic amines) is 1.